The van der Waals surface area contributed by atoms with Gasteiger partial charge in [0, 0.05) is 16.0 Å². The number of carbonyl (C=O) groups excluding carboxylic acids is 1. The second kappa shape index (κ2) is 8.39. The van der Waals surface area contributed by atoms with Gasteiger partial charge < -0.3 is 14.9 Å². The van der Waals surface area contributed by atoms with Gasteiger partial charge in [-0.3, -0.25) is 0 Å². The largest absolute Gasteiger partial charge is 0.507 e. The molecule has 0 amide bonds. The molecule has 2 aromatic rings. The molecule has 1 aliphatic rings. The van der Waals surface area contributed by atoms with Crippen molar-refractivity contribution in [1.82, 2.24) is 0 Å². The molecule has 0 aromatic heterocycles. The van der Waals surface area contributed by atoms with Crippen LogP contribution >= 0.6 is 15.9 Å². The monoisotopic (exact) mass is 444 g/mol. The lowest BCUT2D eigenvalue weighted by atomic mass is 9.70. The molecular formula is C23H25BrO4. The minimum Gasteiger partial charge on any atom is -0.507 e. The van der Waals surface area contributed by atoms with Gasteiger partial charge in [0.2, 0.25) is 0 Å². The van der Waals surface area contributed by atoms with Crippen molar-refractivity contribution < 1.29 is 19.7 Å². The molecule has 0 aliphatic heterocycles. The van der Waals surface area contributed by atoms with E-state index in [1.807, 2.05) is 31.2 Å². The quantitative estimate of drug-likeness (QED) is 0.462. The minimum absolute atomic E-state index is 0.0614. The molecule has 4 nitrogen and oxygen atoms in total. The highest BCUT2D eigenvalue weighted by Crippen LogP contribution is 2.47. The van der Waals surface area contributed by atoms with Gasteiger partial charge in [0.1, 0.15) is 17.6 Å². The summed E-state index contributed by atoms with van der Waals surface area (Å²) < 4.78 is 6.42. The van der Waals surface area contributed by atoms with E-state index in [4.69, 9.17) is 4.74 Å². The summed E-state index contributed by atoms with van der Waals surface area (Å²) in [6, 6.07) is 12.2. The van der Waals surface area contributed by atoms with Crippen LogP contribution in [0.5, 0.6) is 11.5 Å². The molecule has 28 heavy (non-hydrogen) atoms. The van der Waals surface area contributed by atoms with Gasteiger partial charge in [-0.05, 0) is 55.0 Å². The van der Waals surface area contributed by atoms with Gasteiger partial charge in [-0.2, -0.15) is 0 Å². The maximum atomic E-state index is 12.5. The van der Waals surface area contributed by atoms with Crippen LogP contribution in [-0.4, -0.2) is 22.3 Å². The average molecular weight is 445 g/mol. The SMILES string of the molecule is CC1=C[C@@H](c2c(O)cc(Br)cc2O)[C@H](C(C)C)C[C@@H]1OC(=O)c1ccccc1. The standard InChI is InChI=1S/C23H25BrO4/c1-13(2)17-12-21(28-23(27)15-7-5-4-6-8-15)14(3)9-18(17)22-19(25)10-16(24)11-20(22)26/h4-11,13,17-18,21,25-26H,12H2,1-3H3/t17-,18+,21-/m0/s1. The summed E-state index contributed by atoms with van der Waals surface area (Å²) in [5.41, 5.74) is 1.98. The smallest absolute Gasteiger partial charge is 0.338 e. The van der Waals surface area contributed by atoms with E-state index in [1.54, 1.807) is 24.3 Å². The second-order valence-corrected chi connectivity index (χ2v) is 8.61. The van der Waals surface area contributed by atoms with Gasteiger partial charge in [0.15, 0.2) is 0 Å². The molecule has 0 bridgehead atoms. The first-order valence-corrected chi connectivity index (χ1v) is 10.2. The fourth-order valence-corrected chi connectivity index (χ4v) is 4.36. The highest BCUT2D eigenvalue weighted by Gasteiger charge is 2.36. The summed E-state index contributed by atoms with van der Waals surface area (Å²) >= 11 is 3.29. The number of halogens is 1. The molecule has 0 saturated heterocycles. The Morgan fingerprint density at radius 3 is 2.32 bits per heavy atom. The van der Waals surface area contributed by atoms with Crippen LogP contribution in [0.4, 0.5) is 0 Å². The Labute approximate surface area is 174 Å². The van der Waals surface area contributed by atoms with Crippen LogP contribution in [0.2, 0.25) is 0 Å². The van der Waals surface area contributed by atoms with Crippen molar-refractivity contribution in [2.24, 2.45) is 11.8 Å². The molecule has 0 radical (unpaired) electrons. The third kappa shape index (κ3) is 4.25. The number of ether oxygens (including phenoxy) is 1. The number of phenolic OH excluding ortho intramolecular Hbond substituents is 2. The first kappa shape index (κ1) is 20.5. The number of aromatic hydroxyl groups is 2. The first-order chi connectivity index (χ1) is 13.3. The van der Waals surface area contributed by atoms with Gasteiger partial charge in [-0.25, -0.2) is 4.79 Å². The van der Waals surface area contributed by atoms with E-state index in [2.05, 4.69) is 29.8 Å². The predicted octanol–water partition coefficient (Wildman–Crippen LogP) is 5.79. The Hall–Kier alpha value is -2.27. The fraction of sp³-hybridized carbons (Fsp3) is 0.348. The molecule has 3 rings (SSSR count). The summed E-state index contributed by atoms with van der Waals surface area (Å²) in [6.07, 6.45) is 2.33. The molecule has 1 aliphatic carbocycles. The van der Waals surface area contributed by atoms with Crippen molar-refractivity contribution in [2.45, 2.75) is 39.2 Å². The van der Waals surface area contributed by atoms with E-state index in [-0.39, 0.29) is 41.3 Å². The number of phenols is 2. The molecule has 5 heteroatoms. The van der Waals surface area contributed by atoms with Crippen LogP contribution in [0.1, 0.15) is 49.0 Å². The molecule has 2 aromatic carbocycles. The summed E-state index contributed by atoms with van der Waals surface area (Å²) in [5, 5.41) is 20.9. The van der Waals surface area contributed by atoms with E-state index in [1.165, 1.54) is 0 Å². The van der Waals surface area contributed by atoms with Crippen molar-refractivity contribution in [1.29, 1.82) is 0 Å². The Morgan fingerprint density at radius 1 is 1.14 bits per heavy atom. The van der Waals surface area contributed by atoms with E-state index in [0.717, 1.165) is 5.57 Å². The molecule has 3 atom stereocenters. The van der Waals surface area contributed by atoms with Gasteiger partial charge in [0.05, 0.1) is 5.56 Å². The van der Waals surface area contributed by atoms with Crippen LogP contribution in [0.15, 0.2) is 58.6 Å². The lowest BCUT2D eigenvalue weighted by molar-refractivity contribution is 0.0278. The lowest BCUT2D eigenvalue weighted by Gasteiger charge is -2.37. The summed E-state index contributed by atoms with van der Waals surface area (Å²) in [5.74, 6) is 0.0102. The van der Waals surface area contributed by atoms with Crippen LogP contribution in [0.3, 0.4) is 0 Å². The number of esters is 1. The molecule has 0 saturated carbocycles. The zero-order chi connectivity index (χ0) is 20.4. The van der Waals surface area contributed by atoms with Crippen molar-refractivity contribution in [3.63, 3.8) is 0 Å². The Bertz CT molecular complexity index is 866. The molecule has 0 fully saturated rings. The van der Waals surface area contributed by atoms with E-state index >= 15 is 0 Å². The van der Waals surface area contributed by atoms with Crippen LogP contribution < -0.4 is 0 Å². The van der Waals surface area contributed by atoms with Crippen molar-refractivity contribution in [3.05, 3.63) is 69.7 Å². The van der Waals surface area contributed by atoms with Gasteiger partial charge in [-0.1, -0.05) is 54.1 Å². The highest BCUT2D eigenvalue weighted by atomic mass is 79.9. The van der Waals surface area contributed by atoms with E-state index in [0.29, 0.717) is 22.0 Å². The van der Waals surface area contributed by atoms with Gasteiger partial charge in [-0.15, -0.1) is 0 Å². The number of allylic oxidation sites excluding steroid dienone is 1. The average Bonchev–Trinajstić information content (AvgIpc) is 2.63. The third-order valence-electron chi connectivity index (χ3n) is 5.45. The Balaban J connectivity index is 1.92. The fourth-order valence-electron chi connectivity index (χ4n) is 3.92. The normalized spacial score (nSPS) is 22.0. The summed E-state index contributed by atoms with van der Waals surface area (Å²) in [7, 11) is 0. The maximum Gasteiger partial charge on any atom is 0.338 e. The second-order valence-electron chi connectivity index (χ2n) is 7.70. The zero-order valence-corrected chi connectivity index (χ0v) is 17.8. The molecule has 0 spiro atoms. The van der Waals surface area contributed by atoms with Crippen molar-refractivity contribution in [3.8, 4) is 11.5 Å². The topological polar surface area (TPSA) is 66.8 Å². The molecular weight excluding hydrogens is 420 g/mol. The van der Waals surface area contributed by atoms with Crippen LogP contribution in [0.25, 0.3) is 0 Å². The van der Waals surface area contributed by atoms with Gasteiger partial charge >= 0.3 is 5.97 Å². The Morgan fingerprint density at radius 2 is 1.75 bits per heavy atom. The zero-order valence-electron chi connectivity index (χ0n) is 16.2. The number of benzene rings is 2. The van der Waals surface area contributed by atoms with Crippen LogP contribution in [0, 0.1) is 11.8 Å². The molecule has 0 unspecified atom stereocenters. The van der Waals surface area contributed by atoms with Gasteiger partial charge in [0.25, 0.3) is 0 Å². The van der Waals surface area contributed by atoms with Crippen LogP contribution in [-0.2, 0) is 4.74 Å². The molecule has 2 N–H and O–H groups in total. The predicted molar refractivity (Wildman–Crippen MR) is 113 cm³/mol. The van der Waals surface area contributed by atoms with E-state index in [9.17, 15) is 15.0 Å². The highest BCUT2D eigenvalue weighted by molar-refractivity contribution is 9.10. The van der Waals surface area contributed by atoms with E-state index < -0.39 is 0 Å². The molecule has 148 valence electrons. The summed E-state index contributed by atoms with van der Waals surface area (Å²) in [6.45, 7) is 6.14. The number of rotatable bonds is 4. The van der Waals surface area contributed by atoms with Crippen molar-refractivity contribution >= 4 is 21.9 Å². The number of hydrogen-bond donors (Lipinski definition) is 2. The Kier molecular flexibility index (Phi) is 6.14. The van der Waals surface area contributed by atoms with Crippen molar-refractivity contribution in [2.75, 3.05) is 0 Å². The molecule has 0 heterocycles. The number of hydrogen-bond acceptors (Lipinski definition) is 4. The third-order valence-corrected chi connectivity index (χ3v) is 5.91. The minimum atomic E-state index is -0.339. The summed E-state index contributed by atoms with van der Waals surface area (Å²) in [4.78, 5) is 12.5. The first-order valence-electron chi connectivity index (χ1n) is 9.43. The number of carbonyl (C=O) groups is 1. The maximum absolute atomic E-state index is 12.5. The lowest BCUT2D eigenvalue weighted by Crippen LogP contribution is -2.32.